The molecule has 0 saturated carbocycles. The molecule has 2 rings (SSSR count). The molecule has 0 aliphatic rings. The van der Waals surface area contributed by atoms with Crippen LogP contribution in [-0.4, -0.2) is 6.54 Å². The standard InChI is InChI=1S/C16H18IN/c1-13(14-5-3-2-4-6-14)11-12-18-16-9-7-15(17)8-10-16/h2-10,13,18H,11-12H2,1H3. The molecular weight excluding hydrogens is 333 g/mol. The number of halogens is 1. The van der Waals surface area contributed by atoms with Crippen LogP contribution in [0, 0.1) is 3.57 Å². The number of anilines is 1. The Morgan fingerprint density at radius 1 is 1.00 bits per heavy atom. The van der Waals surface area contributed by atoms with Crippen molar-refractivity contribution < 1.29 is 0 Å². The summed E-state index contributed by atoms with van der Waals surface area (Å²) in [5.41, 5.74) is 2.62. The molecule has 18 heavy (non-hydrogen) atoms. The summed E-state index contributed by atoms with van der Waals surface area (Å²) in [5, 5.41) is 3.47. The summed E-state index contributed by atoms with van der Waals surface area (Å²) in [7, 11) is 0. The first-order valence-corrected chi connectivity index (χ1v) is 7.38. The summed E-state index contributed by atoms with van der Waals surface area (Å²) in [6.45, 7) is 3.29. The Hall–Kier alpha value is -1.03. The minimum Gasteiger partial charge on any atom is -0.385 e. The molecule has 0 fully saturated rings. The summed E-state index contributed by atoms with van der Waals surface area (Å²) < 4.78 is 1.27. The van der Waals surface area contributed by atoms with Gasteiger partial charge in [-0.15, -0.1) is 0 Å². The van der Waals surface area contributed by atoms with Gasteiger partial charge in [-0.3, -0.25) is 0 Å². The summed E-state index contributed by atoms with van der Waals surface area (Å²) in [4.78, 5) is 0. The van der Waals surface area contributed by atoms with Crippen LogP contribution in [0.15, 0.2) is 54.6 Å². The maximum atomic E-state index is 3.47. The van der Waals surface area contributed by atoms with Gasteiger partial charge in [-0.25, -0.2) is 0 Å². The molecule has 2 heteroatoms. The Balaban J connectivity index is 1.80. The van der Waals surface area contributed by atoms with E-state index in [0.29, 0.717) is 5.92 Å². The maximum Gasteiger partial charge on any atom is 0.0340 e. The minimum absolute atomic E-state index is 0.600. The first-order valence-electron chi connectivity index (χ1n) is 6.30. The molecule has 94 valence electrons. The highest BCUT2D eigenvalue weighted by atomic mass is 127. The quantitative estimate of drug-likeness (QED) is 0.756. The maximum absolute atomic E-state index is 3.47. The fraction of sp³-hybridized carbons (Fsp3) is 0.250. The summed E-state index contributed by atoms with van der Waals surface area (Å²) in [5.74, 6) is 0.600. The van der Waals surface area contributed by atoms with E-state index < -0.39 is 0 Å². The Morgan fingerprint density at radius 3 is 2.33 bits per heavy atom. The van der Waals surface area contributed by atoms with Gasteiger partial charge < -0.3 is 5.32 Å². The van der Waals surface area contributed by atoms with Crippen molar-refractivity contribution in [3.05, 3.63) is 63.7 Å². The molecule has 1 nitrogen and oxygen atoms in total. The van der Waals surface area contributed by atoms with Crippen molar-refractivity contribution in [3.8, 4) is 0 Å². The molecule has 0 radical (unpaired) electrons. The monoisotopic (exact) mass is 351 g/mol. The Kier molecular flexibility index (Phi) is 5.05. The smallest absolute Gasteiger partial charge is 0.0340 e. The second-order valence-corrected chi connectivity index (χ2v) is 5.78. The van der Waals surface area contributed by atoms with Crippen LogP contribution < -0.4 is 5.32 Å². The van der Waals surface area contributed by atoms with Gasteiger partial charge in [0.2, 0.25) is 0 Å². The van der Waals surface area contributed by atoms with Crippen LogP contribution in [0.5, 0.6) is 0 Å². The predicted octanol–water partition coefficient (Wildman–Crippen LogP) is 4.90. The molecule has 2 aromatic carbocycles. The van der Waals surface area contributed by atoms with Crippen molar-refractivity contribution in [2.75, 3.05) is 11.9 Å². The van der Waals surface area contributed by atoms with Crippen molar-refractivity contribution in [1.29, 1.82) is 0 Å². The number of rotatable bonds is 5. The first-order chi connectivity index (χ1) is 8.75. The van der Waals surface area contributed by atoms with Gasteiger partial charge in [-0.2, -0.15) is 0 Å². The number of benzene rings is 2. The highest BCUT2D eigenvalue weighted by Gasteiger charge is 2.03. The van der Waals surface area contributed by atoms with E-state index in [2.05, 4.69) is 89.4 Å². The van der Waals surface area contributed by atoms with Crippen molar-refractivity contribution in [3.63, 3.8) is 0 Å². The summed E-state index contributed by atoms with van der Waals surface area (Å²) >= 11 is 2.32. The average Bonchev–Trinajstić information content (AvgIpc) is 2.42. The zero-order valence-electron chi connectivity index (χ0n) is 10.6. The van der Waals surface area contributed by atoms with Gasteiger partial charge in [-0.1, -0.05) is 37.3 Å². The van der Waals surface area contributed by atoms with Crippen LogP contribution >= 0.6 is 22.6 Å². The van der Waals surface area contributed by atoms with E-state index in [1.54, 1.807) is 0 Å². The fourth-order valence-corrected chi connectivity index (χ4v) is 2.31. The molecule has 0 spiro atoms. The lowest BCUT2D eigenvalue weighted by atomic mass is 9.98. The van der Waals surface area contributed by atoms with Crippen molar-refractivity contribution in [1.82, 2.24) is 0 Å². The van der Waals surface area contributed by atoms with Crippen molar-refractivity contribution in [2.24, 2.45) is 0 Å². The van der Waals surface area contributed by atoms with Crippen molar-refractivity contribution >= 4 is 28.3 Å². The minimum atomic E-state index is 0.600. The van der Waals surface area contributed by atoms with Gasteiger partial charge >= 0.3 is 0 Å². The third-order valence-electron chi connectivity index (χ3n) is 3.12. The summed E-state index contributed by atoms with van der Waals surface area (Å²) in [6, 6.07) is 19.2. The second-order valence-electron chi connectivity index (χ2n) is 4.53. The van der Waals surface area contributed by atoms with Gasteiger partial charge in [0, 0.05) is 15.8 Å². The third-order valence-corrected chi connectivity index (χ3v) is 3.84. The van der Waals surface area contributed by atoms with Gasteiger partial charge in [0.15, 0.2) is 0 Å². The third kappa shape index (κ3) is 4.02. The molecule has 0 amide bonds. The molecule has 1 unspecified atom stereocenters. The van der Waals surface area contributed by atoms with Gasteiger partial charge in [0.25, 0.3) is 0 Å². The average molecular weight is 351 g/mol. The normalized spacial score (nSPS) is 12.1. The molecule has 1 N–H and O–H groups in total. The Morgan fingerprint density at radius 2 is 1.67 bits per heavy atom. The molecule has 1 atom stereocenters. The number of hydrogen-bond donors (Lipinski definition) is 1. The fourth-order valence-electron chi connectivity index (χ4n) is 1.95. The molecule has 0 heterocycles. The molecule has 0 aliphatic carbocycles. The van der Waals surface area contributed by atoms with E-state index >= 15 is 0 Å². The van der Waals surface area contributed by atoms with E-state index in [0.717, 1.165) is 13.0 Å². The summed E-state index contributed by atoms with van der Waals surface area (Å²) in [6.07, 6.45) is 1.15. The molecule has 0 bridgehead atoms. The highest BCUT2D eigenvalue weighted by Crippen LogP contribution is 2.18. The van der Waals surface area contributed by atoms with Gasteiger partial charge in [0.05, 0.1) is 0 Å². The zero-order chi connectivity index (χ0) is 12.8. The van der Waals surface area contributed by atoms with Crippen molar-refractivity contribution in [2.45, 2.75) is 19.3 Å². The lowest BCUT2D eigenvalue weighted by Gasteiger charge is -2.13. The first kappa shape index (κ1) is 13.4. The van der Waals surface area contributed by atoms with Crippen LogP contribution in [0.25, 0.3) is 0 Å². The molecule has 2 aromatic rings. The SMILES string of the molecule is CC(CCNc1ccc(I)cc1)c1ccccc1. The van der Waals surface area contributed by atoms with E-state index in [1.807, 2.05) is 0 Å². The lowest BCUT2D eigenvalue weighted by molar-refractivity contribution is 0.706. The van der Waals surface area contributed by atoms with Crippen LogP contribution in [0.4, 0.5) is 5.69 Å². The predicted molar refractivity (Wildman–Crippen MR) is 87.1 cm³/mol. The molecular formula is C16H18IN. The Labute approximate surface area is 123 Å². The Bertz CT molecular complexity index is 464. The zero-order valence-corrected chi connectivity index (χ0v) is 12.7. The lowest BCUT2D eigenvalue weighted by Crippen LogP contribution is -2.05. The molecule has 0 aromatic heterocycles. The van der Waals surface area contributed by atoms with Gasteiger partial charge in [-0.05, 0) is 64.8 Å². The topological polar surface area (TPSA) is 12.0 Å². The molecule has 0 aliphatic heterocycles. The second kappa shape index (κ2) is 6.78. The number of hydrogen-bond acceptors (Lipinski definition) is 1. The van der Waals surface area contributed by atoms with Crippen LogP contribution in [0.2, 0.25) is 0 Å². The largest absolute Gasteiger partial charge is 0.385 e. The van der Waals surface area contributed by atoms with E-state index in [-0.39, 0.29) is 0 Å². The van der Waals surface area contributed by atoms with E-state index in [4.69, 9.17) is 0 Å². The van der Waals surface area contributed by atoms with E-state index in [9.17, 15) is 0 Å². The number of nitrogens with one attached hydrogen (secondary N) is 1. The highest BCUT2D eigenvalue weighted by molar-refractivity contribution is 14.1. The van der Waals surface area contributed by atoms with Gasteiger partial charge in [0.1, 0.15) is 0 Å². The van der Waals surface area contributed by atoms with Crippen LogP contribution in [0.3, 0.4) is 0 Å². The van der Waals surface area contributed by atoms with Crippen LogP contribution in [0.1, 0.15) is 24.8 Å². The molecule has 0 saturated heterocycles. The van der Waals surface area contributed by atoms with E-state index in [1.165, 1.54) is 14.8 Å². The van der Waals surface area contributed by atoms with Crippen LogP contribution in [-0.2, 0) is 0 Å².